The highest BCUT2D eigenvalue weighted by Gasteiger charge is 2.30. The van der Waals surface area contributed by atoms with Gasteiger partial charge in [0.1, 0.15) is 37.1 Å². The lowest BCUT2D eigenvalue weighted by atomic mass is 9.88. The minimum atomic E-state index is -0.721. The van der Waals surface area contributed by atoms with Gasteiger partial charge in [0.2, 0.25) is 0 Å². The third-order valence-electron chi connectivity index (χ3n) is 12.2. The molecule has 0 saturated heterocycles. The van der Waals surface area contributed by atoms with E-state index in [0.717, 1.165) is 28.2 Å². The zero-order valence-electron chi connectivity index (χ0n) is 40.7. The Morgan fingerprint density at radius 1 is 0.387 bits per heavy atom. The molecule has 0 atom stereocenters. The molecule has 0 spiro atoms. The third kappa shape index (κ3) is 13.1. The highest BCUT2D eigenvalue weighted by Crippen LogP contribution is 2.31. The number of rotatable bonds is 25. The Hall–Kier alpha value is -7.32. The lowest BCUT2D eigenvalue weighted by Crippen LogP contribution is -2.38. The van der Waals surface area contributed by atoms with E-state index in [2.05, 4.69) is 0 Å². The molecule has 18 heteroatoms. The van der Waals surface area contributed by atoms with Crippen LogP contribution in [-0.2, 0) is 42.8 Å². The fourth-order valence-corrected chi connectivity index (χ4v) is 11.3. The molecule has 0 aliphatic heterocycles. The van der Waals surface area contributed by atoms with Crippen LogP contribution in [-0.4, -0.2) is 97.2 Å². The van der Waals surface area contributed by atoms with Crippen LogP contribution in [0.4, 0.5) is 0 Å². The third-order valence-corrected chi connectivity index (χ3v) is 15.6. The Balaban J connectivity index is 0.730. The molecule has 0 saturated carbocycles. The maximum atomic E-state index is 13.1. The van der Waals surface area contributed by atoms with Crippen molar-refractivity contribution in [3.63, 3.8) is 0 Å². The number of ether oxygens (including phenoxy) is 9. The standard InChI is InChI=1S/C57H50O15S3/c1-2-57(33-64-21-24-67-51(58)30-70-36-15-18-48-42(27-36)54(61)39-9-3-6-12-45(39)73-48,34-65-22-25-68-52(59)31-71-37-16-19-49-43(28-37)55(62)40-10-4-7-13-46(40)74-49)35-66-23-26-69-53(60)32-72-38-17-20-50-44(29-38)56(63)41-11-5-8-14-47(41)75-50/h3-20,27-29H,2,21-26,30-35H2,1H3. The van der Waals surface area contributed by atoms with Gasteiger partial charge in [0.15, 0.2) is 36.1 Å². The lowest BCUT2D eigenvalue weighted by Gasteiger charge is -2.32. The molecule has 3 heterocycles. The van der Waals surface area contributed by atoms with Crippen molar-refractivity contribution in [2.75, 3.05) is 79.3 Å². The van der Waals surface area contributed by atoms with Crippen LogP contribution in [0.3, 0.4) is 0 Å². The first-order valence-corrected chi connectivity index (χ1v) is 26.5. The molecule has 0 fully saturated rings. The van der Waals surface area contributed by atoms with Crippen molar-refractivity contribution in [2.45, 2.75) is 13.3 Å². The zero-order chi connectivity index (χ0) is 52.2. The summed E-state index contributed by atoms with van der Waals surface area (Å²) < 4.78 is 56.2. The molecule has 3 aromatic heterocycles. The van der Waals surface area contributed by atoms with Gasteiger partial charge >= 0.3 is 17.9 Å². The molecular weight excluding hydrogens is 1020 g/mol. The molecule has 9 rings (SSSR count). The Kier molecular flexibility index (Phi) is 17.4. The van der Waals surface area contributed by atoms with Crippen LogP contribution >= 0.6 is 34.0 Å². The van der Waals surface area contributed by atoms with Crippen LogP contribution in [0.25, 0.3) is 60.5 Å². The Morgan fingerprint density at radius 3 is 0.987 bits per heavy atom. The fraction of sp³-hybridized carbons (Fsp3) is 0.263. The van der Waals surface area contributed by atoms with Gasteiger partial charge in [-0.3, -0.25) is 14.4 Å². The number of benzene rings is 6. The van der Waals surface area contributed by atoms with E-state index in [1.807, 2.05) is 61.5 Å². The minimum absolute atomic E-state index is 0.0434. The van der Waals surface area contributed by atoms with Gasteiger partial charge in [0.05, 0.1) is 39.6 Å². The molecule has 0 unspecified atom stereocenters. The molecule has 0 aliphatic carbocycles. The smallest absolute Gasteiger partial charge is 0.344 e. The van der Waals surface area contributed by atoms with Crippen LogP contribution in [0.2, 0.25) is 0 Å². The molecule has 75 heavy (non-hydrogen) atoms. The van der Waals surface area contributed by atoms with Crippen molar-refractivity contribution in [3.05, 3.63) is 158 Å². The summed E-state index contributed by atoms with van der Waals surface area (Å²) in [5.41, 5.74) is -1.05. The predicted molar refractivity (Wildman–Crippen MR) is 291 cm³/mol. The number of hydrogen-bond acceptors (Lipinski definition) is 18. The van der Waals surface area contributed by atoms with Crippen molar-refractivity contribution >= 4 is 112 Å². The number of carbonyl (C=O) groups is 3. The molecule has 0 radical (unpaired) electrons. The molecule has 0 amide bonds. The van der Waals surface area contributed by atoms with E-state index in [0.29, 0.717) is 56.0 Å². The summed E-state index contributed by atoms with van der Waals surface area (Å²) in [6.45, 7) is 1.11. The highest BCUT2D eigenvalue weighted by molar-refractivity contribution is 7.25. The maximum absolute atomic E-state index is 13.1. The molecule has 0 N–H and O–H groups in total. The second kappa shape index (κ2) is 24.8. The van der Waals surface area contributed by atoms with Gasteiger partial charge in [-0.25, -0.2) is 14.4 Å². The Labute approximate surface area is 440 Å². The molecule has 0 aliphatic rings. The zero-order valence-corrected chi connectivity index (χ0v) is 43.1. The lowest BCUT2D eigenvalue weighted by molar-refractivity contribution is -0.149. The van der Waals surface area contributed by atoms with Crippen molar-refractivity contribution in [3.8, 4) is 17.2 Å². The van der Waals surface area contributed by atoms with E-state index in [9.17, 15) is 28.8 Å². The molecule has 15 nitrogen and oxygen atoms in total. The summed E-state index contributed by atoms with van der Waals surface area (Å²) in [5.74, 6) is -0.788. The first-order valence-electron chi connectivity index (χ1n) is 24.0. The van der Waals surface area contributed by atoms with Crippen LogP contribution < -0.4 is 30.5 Å². The topological polar surface area (TPSA) is 185 Å². The quantitative estimate of drug-likeness (QED) is 0.0228. The van der Waals surface area contributed by atoms with Gasteiger partial charge in [-0.05, 0) is 97.4 Å². The van der Waals surface area contributed by atoms with Crippen LogP contribution in [0.1, 0.15) is 13.3 Å². The van der Waals surface area contributed by atoms with Crippen LogP contribution in [0, 0.1) is 5.41 Å². The van der Waals surface area contributed by atoms with E-state index in [1.54, 1.807) is 72.8 Å². The number of esters is 3. The summed E-state index contributed by atoms with van der Waals surface area (Å²) in [7, 11) is 0. The average Bonchev–Trinajstić information content (AvgIpc) is 3.43. The van der Waals surface area contributed by atoms with E-state index < -0.39 is 23.3 Å². The van der Waals surface area contributed by atoms with E-state index >= 15 is 0 Å². The average molecular weight is 1070 g/mol. The summed E-state index contributed by atoms with van der Waals surface area (Å²) in [4.78, 5) is 77.3. The van der Waals surface area contributed by atoms with Gasteiger partial charge in [-0.15, -0.1) is 34.0 Å². The predicted octanol–water partition coefficient (Wildman–Crippen LogP) is 9.48. The monoisotopic (exact) mass is 1070 g/mol. The van der Waals surface area contributed by atoms with Crippen LogP contribution in [0.5, 0.6) is 17.2 Å². The van der Waals surface area contributed by atoms with Gasteiger partial charge in [0, 0.05) is 65.9 Å². The molecule has 9 aromatic rings. The van der Waals surface area contributed by atoms with E-state index in [1.165, 1.54) is 34.0 Å². The van der Waals surface area contributed by atoms with Gasteiger partial charge in [-0.1, -0.05) is 43.3 Å². The second-order valence-corrected chi connectivity index (χ2v) is 20.5. The second-order valence-electron chi connectivity index (χ2n) is 17.3. The van der Waals surface area contributed by atoms with E-state index in [-0.39, 0.29) is 95.6 Å². The van der Waals surface area contributed by atoms with Crippen molar-refractivity contribution < 1.29 is 57.0 Å². The van der Waals surface area contributed by atoms with Crippen molar-refractivity contribution in [1.82, 2.24) is 0 Å². The maximum Gasteiger partial charge on any atom is 0.344 e. The van der Waals surface area contributed by atoms with Gasteiger partial charge in [0.25, 0.3) is 0 Å². The molecule has 0 bridgehead atoms. The number of hydrogen-bond donors (Lipinski definition) is 0. The Morgan fingerprint density at radius 2 is 0.680 bits per heavy atom. The normalized spacial score (nSPS) is 11.6. The Bertz CT molecular complexity index is 3340. The molecule has 386 valence electrons. The van der Waals surface area contributed by atoms with Crippen molar-refractivity contribution in [2.24, 2.45) is 5.41 Å². The van der Waals surface area contributed by atoms with Crippen molar-refractivity contribution in [1.29, 1.82) is 0 Å². The first kappa shape index (κ1) is 52.5. The van der Waals surface area contributed by atoms with Gasteiger partial charge < -0.3 is 42.6 Å². The number of fused-ring (bicyclic) bond motifs is 6. The van der Waals surface area contributed by atoms with E-state index in [4.69, 9.17) is 42.6 Å². The number of carbonyl (C=O) groups excluding carboxylic acids is 3. The first-order chi connectivity index (χ1) is 36.6. The molecular formula is C57H50O15S3. The largest absolute Gasteiger partial charge is 0.482 e. The fourth-order valence-electron chi connectivity index (χ4n) is 8.11. The summed E-state index contributed by atoms with van der Waals surface area (Å²) in [6.07, 6.45) is 0.524. The highest BCUT2D eigenvalue weighted by atomic mass is 32.1. The minimum Gasteiger partial charge on any atom is -0.482 e. The summed E-state index contributed by atoms with van der Waals surface area (Å²) in [5, 5.41) is 3.36. The summed E-state index contributed by atoms with van der Waals surface area (Å²) >= 11 is 4.50. The van der Waals surface area contributed by atoms with Crippen LogP contribution in [0.15, 0.2) is 142 Å². The SMILES string of the molecule is CCC(COCCOC(=O)COc1ccc2sc3ccccc3c(=O)c2c1)(COCCOC(=O)COc1ccc2sc3ccccc3c(=O)c2c1)COCCOC(=O)COc1ccc2sc3ccccc3c(=O)c2c1. The van der Waals surface area contributed by atoms with Gasteiger partial charge in [-0.2, -0.15) is 0 Å². The summed E-state index contributed by atoms with van der Waals surface area (Å²) in [6, 6.07) is 37.6. The molecule has 6 aromatic carbocycles.